The van der Waals surface area contributed by atoms with Crippen LogP contribution in [0.3, 0.4) is 0 Å². The Morgan fingerprint density at radius 3 is 2.31 bits per heavy atom. The highest BCUT2D eigenvalue weighted by Gasteiger charge is 2.08. The summed E-state index contributed by atoms with van der Waals surface area (Å²) in [5, 5.41) is 6.72. The minimum atomic E-state index is -0.422. The van der Waals surface area contributed by atoms with Gasteiger partial charge in [-0.1, -0.05) is 18.2 Å². The zero-order valence-corrected chi connectivity index (χ0v) is 16.7. The number of methoxy groups -OCH3 is 2. The fourth-order valence-electron chi connectivity index (χ4n) is 2.39. The minimum absolute atomic E-state index is 0.0643. The minimum Gasteiger partial charge on any atom is -0.497 e. The number of carbonyl (C=O) groups excluding carboxylic acids is 2. The van der Waals surface area contributed by atoms with E-state index < -0.39 is 5.91 Å². The molecule has 0 atom stereocenters. The van der Waals surface area contributed by atoms with Crippen LogP contribution in [-0.4, -0.2) is 38.4 Å². The monoisotopic (exact) mass is 399 g/mol. The van der Waals surface area contributed by atoms with E-state index in [9.17, 15) is 9.59 Å². The Bertz CT molecular complexity index is 850. The maximum atomic E-state index is 12.1. The molecule has 0 aliphatic heterocycles. The largest absolute Gasteiger partial charge is 0.497 e. The molecule has 0 aliphatic rings. The Morgan fingerprint density at radius 1 is 0.931 bits per heavy atom. The van der Waals surface area contributed by atoms with E-state index in [1.165, 1.54) is 0 Å². The van der Waals surface area contributed by atoms with Crippen LogP contribution in [0.4, 0.5) is 0 Å². The molecule has 2 aromatic carbocycles. The van der Waals surface area contributed by atoms with Crippen LogP contribution in [0.25, 0.3) is 0 Å². The molecular weight excluding hydrogens is 374 g/mol. The van der Waals surface area contributed by atoms with Crippen molar-refractivity contribution in [3.05, 3.63) is 54.1 Å². The number of ether oxygens (including phenoxy) is 3. The van der Waals surface area contributed by atoms with Gasteiger partial charge in [-0.05, 0) is 37.3 Å². The highest BCUT2D eigenvalue weighted by atomic mass is 16.5. The Morgan fingerprint density at radius 2 is 1.62 bits per heavy atom. The number of hydrazone groups is 1. The van der Waals surface area contributed by atoms with Gasteiger partial charge in [-0.2, -0.15) is 5.10 Å². The highest BCUT2D eigenvalue weighted by molar-refractivity contribution is 6.00. The first-order valence-corrected chi connectivity index (χ1v) is 8.99. The van der Waals surface area contributed by atoms with Crippen molar-refractivity contribution >= 4 is 17.5 Å². The number of carbonyl (C=O) groups is 2. The standard InChI is InChI=1S/C21H25N3O5/c1-15(12-20(25)22-13-16-6-4-5-7-19(16)28-3)23-24-21(26)14-29-18-10-8-17(27-2)9-11-18/h4-11H,12-14H2,1-3H3,(H,22,25)(H,24,26)/b23-15-. The fraction of sp³-hybridized carbons (Fsp3) is 0.286. The van der Waals surface area contributed by atoms with Crippen molar-refractivity contribution in [1.82, 2.24) is 10.7 Å². The van der Waals surface area contributed by atoms with Gasteiger partial charge in [-0.3, -0.25) is 9.59 Å². The fourth-order valence-corrected chi connectivity index (χ4v) is 2.39. The lowest BCUT2D eigenvalue weighted by Crippen LogP contribution is -2.28. The van der Waals surface area contributed by atoms with Crippen molar-refractivity contribution in [3.63, 3.8) is 0 Å². The molecule has 0 spiro atoms. The molecule has 2 N–H and O–H groups in total. The van der Waals surface area contributed by atoms with E-state index in [1.54, 1.807) is 45.4 Å². The van der Waals surface area contributed by atoms with Crippen LogP contribution < -0.4 is 25.0 Å². The van der Waals surface area contributed by atoms with Crippen molar-refractivity contribution in [2.24, 2.45) is 5.10 Å². The Hall–Kier alpha value is -3.55. The molecule has 8 nitrogen and oxygen atoms in total. The molecule has 0 aliphatic carbocycles. The van der Waals surface area contributed by atoms with Crippen molar-refractivity contribution < 1.29 is 23.8 Å². The number of nitrogens with one attached hydrogen (secondary N) is 2. The van der Waals surface area contributed by atoms with E-state index >= 15 is 0 Å². The van der Waals surface area contributed by atoms with Gasteiger partial charge in [0, 0.05) is 17.8 Å². The summed E-state index contributed by atoms with van der Waals surface area (Å²) in [7, 11) is 3.15. The Balaban J connectivity index is 1.72. The molecule has 154 valence electrons. The van der Waals surface area contributed by atoms with Gasteiger partial charge in [0.05, 0.1) is 20.6 Å². The zero-order chi connectivity index (χ0) is 21.1. The number of hydrogen-bond donors (Lipinski definition) is 2. The molecule has 0 saturated heterocycles. The van der Waals surface area contributed by atoms with E-state index in [0.29, 0.717) is 29.5 Å². The van der Waals surface area contributed by atoms with Gasteiger partial charge in [0.25, 0.3) is 5.91 Å². The predicted molar refractivity (Wildman–Crippen MR) is 109 cm³/mol. The third-order valence-corrected chi connectivity index (χ3v) is 3.89. The number of amides is 2. The number of nitrogens with zero attached hydrogens (tertiary/aromatic N) is 1. The normalized spacial score (nSPS) is 10.8. The molecule has 8 heteroatoms. The topological polar surface area (TPSA) is 98.3 Å². The van der Waals surface area contributed by atoms with Crippen LogP contribution in [0.1, 0.15) is 18.9 Å². The lowest BCUT2D eigenvalue weighted by atomic mass is 10.2. The number of para-hydroxylation sites is 1. The second-order valence-corrected chi connectivity index (χ2v) is 6.11. The van der Waals surface area contributed by atoms with Gasteiger partial charge in [0.2, 0.25) is 5.91 Å². The van der Waals surface area contributed by atoms with Crippen molar-refractivity contribution in [2.75, 3.05) is 20.8 Å². The van der Waals surface area contributed by atoms with Crippen molar-refractivity contribution in [3.8, 4) is 17.2 Å². The van der Waals surface area contributed by atoms with E-state index in [4.69, 9.17) is 14.2 Å². The molecule has 29 heavy (non-hydrogen) atoms. The van der Waals surface area contributed by atoms with Gasteiger partial charge < -0.3 is 19.5 Å². The van der Waals surface area contributed by atoms with E-state index in [1.807, 2.05) is 24.3 Å². The molecule has 2 rings (SSSR count). The van der Waals surface area contributed by atoms with Crippen LogP contribution in [-0.2, 0) is 16.1 Å². The third kappa shape index (κ3) is 7.53. The molecule has 0 unspecified atom stereocenters. The van der Waals surface area contributed by atoms with E-state index in [0.717, 1.165) is 5.56 Å². The van der Waals surface area contributed by atoms with Gasteiger partial charge in [0.15, 0.2) is 6.61 Å². The molecule has 0 radical (unpaired) electrons. The Kier molecular flexibility index (Phi) is 8.50. The molecular formula is C21H25N3O5. The van der Waals surface area contributed by atoms with Crippen LogP contribution in [0.2, 0.25) is 0 Å². The van der Waals surface area contributed by atoms with Crippen LogP contribution >= 0.6 is 0 Å². The predicted octanol–water partition coefficient (Wildman–Crippen LogP) is 2.28. The first kappa shape index (κ1) is 21.7. The quantitative estimate of drug-likeness (QED) is 0.472. The molecule has 0 heterocycles. The Labute approximate surface area is 169 Å². The maximum absolute atomic E-state index is 12.1. The number of hydrogen-bond acceptors (Lipinski definition) is 6. The van der Waals surface area contributed by atoms with Gasteiger partial charge in [0.1, 0.15) is 17.2 Å². The second-order valence-electron chi connectivity index (χ2n) is 6.11. The SMILES string of the molecule is COc1ccc(OCC(=O)N/N=C(/C)CC(=O)NCc2ccccc2OC)cc1. The van der Waals surface area contributed by atoms with Crippen LogP contribution in [0.15, 0.2) is 53.6 Å². The average Bonchev–Trinajstić information content (AvgIpc) is 2.75. The first-order chi connectivity index (χ1) is 14.0. The van der Waals surface area contributed by atoms with Crippen LogP contribution in [0.5, 0.6) is 17.2 Å². The van der Waals surface area contributed by atoms with Crippen molar-refractivity contribution in [2.45, 2.75) is 19.9 Å². The number of rotatable bonds is 10. The highest BCUT2D eigenvalue weighted by Crippen LogP contribution is 2.17. The summed E-state index contributed by atoms with van der Waals surface area (Å²) in [5.74, 6) is 1.32. The second kappa shape index (κ2) is 11.3. The summed E-state index contributed by atoms with van der Waals surface area (Å²) in [6, 6.07) is 14.3. The average molecular weight is 399 g/mol. The lowest BCUT2D eigenvalue weighted by molar-refractivity contribution is -0.123. The maximum Gasteiger partial charge on any atom is 0.277 e. The molecule has 0 aromatic heterocycles. The summed E-state index contributed by atoms with van der Waals surface area (Å²) in [5.41, 5.74) is 3.72. The summed E-state index contributed by atoms with van der Waals surface area (Å²) in [6.07, 6.45) is 0.0643. The van der Waals surface area contributed by atoms with Gasteiger partial charge in [-0.25, -0.2) is 5.43 Å². The number of benzene rings is 2. The lowest BCUT2D eigenvalue weighted by Gasteiger charge is -2.09. The molecule has 0 bridgehead atoms. The molecule has 2 amide bonds. The molecule has 0 fully saturated rings. The van der Waals surface area contributed by atoms with Crippen LogP contribution in [0, 0.1) is 0 Å². The van der Waals surface area contributed by atoms with E-state index in [-0.39, 0.29) is 18.9 Å². The van der Waals surface area contributed by atoms with Gasteiger partial charge >= 0.3 is 0 Å². The summed E-state index contributed by atoms with van der Waals surface area (Å²) in [6.45, 7) is 1.81. The summed E-state index contributed by atoms with van der Waals surface area (Å²) >= 11 is 0. The van der Waals surface area contributed by atoms with Gasteiger partial charge in [-0.15, -0.1) is 0 Å². The zero-order valence-electron chi connectivity index (χ0n) is 16.7. The van der Waals surface area contributed by atoms with E-state index in [2.05, 4.69) is 15.8 Å². The first-order valence-electron chi connectivity index (χ1n) is 8.99. The smallest absolute Gasteiger partial charge is 0.277 e. The molecule has 0 saturated carbocycles. The summed E-state index contributed by atoms with van der Waals surface area (Å²) in [4.78, 5) is 23.9. The van der Waals surface area contributed by atoms with Crippen molar-refractivity contribution in [1.29, 1.82) is 0 Å². The third-order valence-electron chi connectivity index (χ3n) is 3.89. The summed E-state index contributed by atoms with van der Waals surface area (Å²) < 4.78 is 15.7. The molecule has 2 aromatic rings.